The molecule has 0 aromatic heterocycles. The zero-order chi connectivity index (χ0) is 17.7. The predicted molar refractivity (Wildman–Crippen MR) is 95.7 cm³/mol. The van der Waals surface area contributed by atoms with Crippen molar-refractivity contribution in [2.24, 2.45) is 0 Å². The molecule has 2 aromatic carbocycles. The van der Waals surface area contributed by atoms with E-state index in [-0.39, 0.29) is 6.03 Å². The van der Waals surface area contributed by atoms with Gasteiger partial charge in [0, 0.05) is 11.4 Å². The molecule has 5 heteroatoms. The Bertz CT molecular complexity index is 754. The van der Waals surface area contributed by atoms with Gasteiger partial charge in [0.05, 0.1) is 12.7 Å². The topological polar surface area (TPSA) is 67.4 Å². The van der Waals surface area contributed by atoms with Crippen LogP contribution in [-0.2, 0) is 4.74 Å². The van der Waals surface area contributed by atoms with Crippen molar-refractivity contribution in [2.45, 2.75) is 26.7 Å². The van der Waals surface area contributed by atoms with Crippen LogP contribution in [0.5, 0.6) is 0 Å². The summed E-state index contributed by atoms with van der Waals surface area (Å²) >= 11 is 0. The number of nitrogens with one attached hydrogen (secondary N) is 2. The molecule has 0 atom stereocenters. The van der Waals surface area contributed by atoms with Gasteiger partial charge in [-0.15, -0.1) is 0 Å². The maximum atomic E-state index is 12.3. The lowest BCUT2D eigenvalue weighted by molar-refractivity contribution is 0.0600. The van der Waals surface area contributed by atoms with E-state index in [1.807, 2.05) is 25.1 Å². The second kappa shape index (κ2) is 7.64. The molecule has 0 aliphatic rings. The maximum Gasteiger partial charge on any atom is 0.337 e. The summed E-state index contributed by atoms with van der Waals surface area (Å²) in [4.78, 5) is 23.9. The van der Waals surface area contributed by atoms with Crippen molar-refractivity contribution in [3.63, 3.8) is 0 Å². The molecule has 5 nitrogen and oxygen atoms in total. The highest BCUT2D eigenvalue weighted by Gasteiger charge is 2.13. The average Bonchev–Trinajstić information content (AvgIpc) is 2.55. The largest absolute Gasteiger partial charge is 0.465 e. The average molecular weight is 326 g/mol. The van der Waals surface area contributed by atoms with Gasteiger partial charge in [0.15, 0.2) is 0 Å². The summed E-state index contributed by atoms with van der Waals surface area (Å²) in [5, 5.41) is 5.65. The van der Waals surface area contributed by atoms with Gasteiger partial charge in [0.1, 0.15) is 0 Å². The first-order valence-corrected chi connectivity index (χ1v) is 7.78. The van der Waals surface area contributed by atoms with Gasteiger partial charge in [0.2, 0.25) is 0 Å². The number of carbonyl (C=O) groups excluding carboxylic acids is 2. The molecule has 0 heterocycles. The molecule has 0 aliphatic heterocycles. The molecular formula is C19H22N2O3. The van der Waals surface area contributed by atoms with Crippen LogP contribution >= 0.6 is 0 Å². The number of hydrogen-bond donors (Lipinski definition) is 2. The van der Waals surface area contributed by atoms with Crippen molar-refractivity contribution in [3.05, 3.63) is 59.2 Å². The molecule has 2 aromatic rings. The quantitative estimate of drug-likeness (QED) is 0.810. The van der Waals surface area contributed by atoms with Gasteiger partial charge < -0.3 is 15.4 Å². The molecule has 0 unspecified atom stereocenters. The van der Waals surface area contributed by atoms with Crippen LogP contribution in [0.2, 0.25) is 0 Å². The molecule has 0 radical (unpaired) electrons. The Balaban J connectivity index is 2.16. The second-order valence-corrected chi connectivity index (χ2v) is 5.85. The lowest BCUT2D eigenvalue weighted by Crippen LogP contribution is -2.21. The van der Waals surface area contributed by atoms with Crippen molar-refractivity contribution in [3.8, 4) is 0 Å². The zero-order valence-electron chi connectivity index (χ0n) is 14.3. The Kier molecular flexibility index (Phi) is 5.58. The Hall–Kier alpha value is -2.82. The molecule has 0 bridgehead atoms. The third-order valence-corrected chi connectivity index (χ3v) is 3.71. The van der Waals surface area contributed by atoms with Crippen molar-refractivity contribution in [1.29, 1.82) is 0 Å². The third kappa shape index (κ3) is 4.13. The molecule has 2 N–H and O–H groups in total. The van der Waals surface area contributed by atoms with E-state index in [0.717, 1.165) is 16.8 Å². The summed E-state index contributed by atoms with van der Waals surface area (Å²) in [6.45, 7) is 6.12. The van der Waals surface area contributed by atoms with E-state index in [4.69, 9.17) is 0 Å². The molecule has 2 rings (SSSR count). The standard InChI is InChI=1S/C19H22N2O3/c1-12(2)16-10-5-7-13(3)17(16)21-19(23)20-15-9-6-8-14(11-15)18(22)24-4/h5-12H,1-4H3,(H2,20,21,23). The summed E-state index contributed by atoms with van der Waals surface area (Å²) < 4.78 is 4.68. The number of rotatable bonds is 4. The lowest BCUT2D eigenvalue weighted by atomic mass is 9.98. The number of urea groups is 1. The molecular weight excluding hydrogens is 304 g/mol. The van der Waals surface area contributed by atoms with Crippen molar-refractivity contribution >= 4 is 23.4 Å². The first-order chi connectivity index (χ1) is 11.4. The van der Waals surface area contributed by atoms with Crippen molar-refractivity contribution in [2.75, 3.05) is 17.7 Å². The fraction of sp³-hybridized carbons (Fsp3) is 0.263. The normalized spacial score (nSPS) is 10.4. The second-order valence-electron chi connectivity index (χ2n) is 5.85. The number of benzene rings is 2. The van der Waals surface area contributed by atoms with Crippen LogP contribution in [0, 0.1) is 6.92 Å². The van der Waals surface area contributed by atoms with Crippen LogP contribution < -0.4 is 10.6 Å². The Morgan fingerprint density at radius 3 is 2.42 bits per heavy atom. The van der Waals surface area contributed by atoms with Gasteiger partial charge in [-0.1, -0.05) is 38.1 Å². The van der Waals surface area contributed by atoms with Crippen LogP contribution in [0.3, 0.4) is 0 Å². The fourth-order valence-corrected chi connectivity index (χ4v) is 2.46. The molecule has 0 spiro atoms. The van der Waals surface area contributed by atoms with Gasteiger partial charge in [0.25, 0.3) is 0 Å². The van der Waals surface area contributed by atoms with Gasteiger partial charge in [-0.3, -0.25) is 0 Å². The number of ether oxygens (including phenoxy) is 1. The number of esters is 1. The minimum atomic E-state index is -0.444. The van der Waals surface area contributed by atoms with Crippen LogP contribution in [0.15, 0.2) is 42.5 Å². The van der Waals surface area contributed by atoms with Gasteiger partial charge in [-0.05, 0) is 42.2 Å². The zero-order valence-corrected chi connectivity index (χ0v) is 14.3. The fourth-order valence-electron chi connectivity index (χ4n) is 2.46. The smallest absolute Gasteiger partial charge is 0.337 e. The first kappa shape index (κ1) is 17.5. The highest BCUT2D eigenvalue weighted by atomic mass is 16.5. The maximum absolute atomic E-state index is 12.3. The van der Waals surface area contributed by atoms with E-state index in [9.17, 15) is 9.59 Å². The number of methoxy groups -OCH3 is 1. The number of anilines is 2. The number of para-hydroxylation sites is 1. The Labute approximate surface area is 142 Å². The summed E-state index contributed by atoms with van der Waals surface area (Å²) in [6, 6.07) is 12.2. The predicted octanol–water partition coefficient (Wildman–Crippen LogP) is 4.55. The molecule has 0 saturated carbocycles. The lowest BCUT2D eigenvalue weighted by Gasteiger charge is -2.17. The Morgan fingerprint density at radius 1 is 1.04 bits per heavy atom. The SMILES string of the molecule is COC(=O)c1cccc(NC(=O)Nc2c(C)cccc2C(C)C)c1. The summed E-state index contributed by atoms with van der Waals surface area (Å²) in [5.74, 6) is -0.150. The minimum Gasteiger partial charge on any atom is -0.465 e. The van der Waals surface area contributed by atoms with E-state index in [0.29, 0.717) is 17.2 Å². The van der Waals surface area contributed by atoms with Crippen LogP contribution in [0.1, 0.15) is 41.3 Å². The van der Waals surface area contributed by atoms with Crippen molar-refractivity contribution < 1.29 is 14.3 Å². The molecule has 2 amide bonds. The van der Waals surface area contributed by atoms with Crippen LogP contribution in [0.25, 0.3) is 0 Å². The molecule has 0 saturated heterocycles. The Morgan fingerprint density at radius 2 is 1.75 bits per heavy atom. The van der Waals surface area contributed by atoms with E-state index in [1.165, 1.54) is 7.11 Å². The molecule has 24 heavy (non-hydrogen) atoms. The molecule has 126 valence electrons. The highest BCUT2D eigenvalue weighted by molar-refractivity contribution is 6.01. The van der Waals surface area contributed by atoms with E-state index in [2.05, 4.69) is 29.2 Å². The molecule has 0 aliphatic carbocycles. The monoisotopic (exact) mass is 326 g/mol. The van der Waals surface area contributed by atoms with Gasteiger partial charge in [-0.2, -0.15) is 0 Å². The van der Waals surface area contributed by atoms with Crippen molar-refractivity contribution in [1.82, 2.24) is 0 Å². The van der Waals surface area contributed by atoms with Crippen LogP contribution in [-0.4, -0.2) is 19.1 Å². The minimum absolute atomic E-state index is 0.294. The van der Waals surface area contributed by atoms with E-state index in [1.54, 1.807) is 24.3 Å². The van der Waals surface area contributed by atoms with Gasteiger partial charge in [-0.25, -0.2) is 9.59 Å². The third-order valence-electron chi connectivity index (χ3n) is 3.71. The van der Waals surface area contributed by atoms with Gasteiger partial charge >= 0.3 is 12.0 Å². The number of hydrogen-bond acceptors (Lipinski definition) is 3. The molecule has 0 fully saturated rings. The van der Waals surface area contributed by atoms with E-state index >= 15 is 0 Å². The number of aryl methyl sites for hydroxylation is 1. The first-order valence-electron chi connectivity index (χ1n) is 7.78. The highest BCUT2D eigenvalue weighted by Crippen LogP contribution is 2.27. The summed E-state index contributed by atoms with van der Waals surface area (Å²) in [7, 11) is 1.32. The number of carbonyl (C=O) groups is 2. The van der Waals surface area contributed by atoms with E-state index < -0.39 is 5.97 Å². The number of amides is 2. The van der Waals surface area contributed by atoms with Crippen LogP contribution in [0.4, 0.5) is 16.2 Å². The summed E-state index contributed by atoms with van der Waals surface area (Å²) in [5.41, 5.74) is 3.80. The summed E-state index contributed by atoms with van der Waals surface area (Å²) in [6.07, 6.45) is 0.